The summed E-state index contributed by atoms with van der Waals surface area (Å²) in [6.45, 7) is 12.3. The molecule has 0 fully saturated rings. The number of carbonyl (C=O) groups excluding carboxylic acids is 1. The standard InChI is InChI=1S/C18H29O4P/c1-13(2)11-21-15-9-7-8-10-16(15)23(20)18(5,6)17(19)22-12-14(3)4/h7-10,13-14,23H,11-12H2,1-6H3. The third kappa shape index (κ3) is 5.69. The fourth-order valence-electron chi connectivity index (χ4n) is 1.89. The normalized spacial score (nSPS) is 13.2. The van der Waals surface area contributed by atoms with Crippen LogP contribution >= 0.6 is 7.80 Å². The average Bonchev–Trinajstić information content (AvgIpc) is 2.49. The Balaban J connectivity index is 2.96. The van der Waals surface area contributed by atoms with E-state index in [1.54, 1.807) is 26.0 Å². The summed E-state index contributed by atoms with van der Waals surface area (Å²) in [4.78, 5) is 12.3. The molecule has 0 bridgehead atoms. The smallest absolute Gasteiger partial charge is 0.319 e. The minimum absolute atomic E-state index is 0.249. The van der Waals surface area contributed by atoms with Gasteiger partial charge in [0.25, 0.3) is 0 Å². The lowest BCUT2D eigenvalue weighted by atomic mass is 10.2. The van der Waals surface area contributed by atoms with Crippen molar-refractivity contribution in [3.63, 3.8) is 0 Å². The lowest BCUT2D eigenvalue weighted by Crippen LogP contribution is -2.33. The molecule has 0 aromatic heterocycles. The molecule has 23 heavy (non-hydrogen) atoms. The van der Waals surface area contributed by atoms with E-state index < -0.39 is 18.9 Å². The molecule has 1 aromatic carbocycles. The molecule has 0 amide bonds. The van der Waals surface area contributed by atoms with Gasteiger partial charge in [0, 0.05) is 0 Å². The van der Waals surface area contributed by atoms with E-state index in [0.29, 0.717) is 30.2 Å². The van der Waals surface area contributed by atoms with Gasteiger partial charge in [0.2, 0.25) is 0 Å². The molecule has 1 atom stereocenters. The fraction of sp³-hybridized carbons (Fsp3) is 0.611. The van der Waals surface area contributed by atoms with Crippen LogP contribution in [-0.2, 0) is 14.1 Å². The highest BCUT2D eigenvalue weighted by Gasteiger charge is 2.38. The van der Waals surface area contributed by atoms with E-state index in [4.69, 9.17) is 9.47 Å². The highest BCUT2D eigenvalue weighted by molar-refractivity contribution is 7.56. The molecular weight excluding hydrogens is 311 g/mol. The minimum Gasteiger partial charge on any atom is -0.493 e. The molecule has 130 valence electrons. The van der Waals surface area contributed by atoms with Crippen molar-refractivity contribution in [3.8, 4) is 5.75 Å². The van der Waals surface area contributed by atoms with Crippen LogP contribution in [0.5, 0.6) is 5.75 Å². The van der Waals surface area contributed by atoms with Crippen molar-refractivity contribution >= 4 is 19.1 Å². The zero-order chi connectivity index (χ0) is 17.6. The van der Waals surface area contributed by atoms with Gasteiger partial charge in [-0.15, -0.1) is 0 Å². The number of ether oxygens (including phenoxy) is 2. The molecule has 0 heterocycles. The van der Waals surface area contributed by atoms with Crippen LogP contribution in [0.25, 0.3) is 0 Å². The summed E-state index contributed by atoms with van der Waals surface area (Å²) in [6.07, 6.45) is 0. The molecular formula is C18H29O4P. The highest BCUT2D eigenvalue weighted by atomic mass is 31.1. The molecule has 0 saturated heterocycles. The van der Waals surface area contributed by atoms with Gasteiger partial charge >= 0.3 is 5.97 Å². The van der Waals surface area contributed by atoms with E-state index in [1.165, 1.54) is 0 Å². The van der Waals surface area contributed by atoms with Crippen molar-refractivity contribution in [1.82, 2.24) is 0 Å². The maximum Gasteiger partial charge on any atom is 0.319 e. The van der Waals surface area contributed by atoms with Crippen molar-refractivity contribution in [1.29, 1.82) is 0 Å². The van der Waals surface area contributed by atoms with Gasteiger partial charge < -0.3 is 14.0 Å². The number of benzene rings is 1. The van der Waals surface area contributed by atoms with Crippen molar-refractivity contribution in [2.24, 2.45) is 11.8 Å². The molecule has 1 rings (SSSR count). The maximum atomic E-state index is 13.0. The number of carbonyl (C=O) groups is 1. The average molecular weight is 340 g/mol. The summed E-state index contributed by atoms with van der Waals surface area (Å²) in [5.41, 5.74) is 0. The SMILES string of the molecule is CC(C)COC(=O)C(C)(C)[PH](=O)c1ccccc1OCC(C)C. The number of hydrogen-bond acceptors (Lipinski definition) is 4. The number of hydrogen-bond donors (Lipinski definition) is 0. The summed E-state index contributed by atoms with van der Waals surface area (Å²) >= 11 is 0. The Morgan fingerprint density at radius 3 is 2.22 bits per heavy atom. The van der Waals surface area contributed by atoms with Crippen LogP contribution in [-0.4, -0.2) is 24.3 Å². The Bertz CT molecular complexity index is 550. The molecule has 0 aliphatic rings. The monoisotopic (exact) mass is 340 g/mol. The van der Waals surface area contributed by atoms with Gasteiger partial charge in [0.15, 0.2) is 0 Å². The molecule has 0 N–H and O–H groups in total. The first-order chi connectivity index (χ1) is 10.7. The van der Waals surface area contributed by atoms with Gasteiger partial charge in [-0.05, 0) is 37.8 Å². The molecule has 0 radical (unpaired) electrons. The van der Waals surface area contributed by atoms with E-state index in [2.05, 4.69) is 13.8 Å². The zero-order valence-corrected chi connectivity index (χ0v) is 16.0. The topological polar surface area (TPSA) is 52.6 Å². The van der Waals surface area contributed by atoms with Crippen molar-refractivity contribution in [2.75, 3.05) is 13.2 Å². The van der Waals surface area contributed by atoms with Crippen LogP contribution < -0.4 is 10.0 Å². The lowest BCUT2D eigenvalue weighted by molar-refractivity contribution is -0.146. The molecule has 1 aromatic rings. The first kappa shape index (κ1) is 19.8. The Morgan fingerprint density at radius 1 is 1.09 bits per heavy atom. The quantitative estimate of drug-likeness (QED) is 0.532. The van der Waals surface area contributed by atoms with E-state index in [0.717, 1.165) is 0 Å². The molecule has 1 unspecified atom stereocenters. The van der Waals surface area contributed by atoms with Crippen LogP contribution in [0, 0.1) is 11.8 Å². The third-order valence-electron chi connectivity index (χ3n) is 3.33. The second-order valence-electron chi connectivity index (χ2n) is 7.15. The van der Waals surface area contributed by atoms with Crippen molar-refractivity contribution in [2.45, 2.75) is 46.7 Å². The minimum atomic E-state index is -2.42. The molecule has 5 heteroatoms. The molecule has 0 aliphatic carbocycles. The predicted octanol–water partition coefficient (Wildman–Crippen LogP) is 3.88. The van der Waals surface area contributed by atoms with Crippen LogP contribution in [0.3, 0.4) is 0 Å². The van der Waals surface area contributed by atoms with Crippen molar-refractivity contribution in [3.05, 3.63) is 24.3 Å². The molecule has 0 spiro atoms. The van der Waals surface area contributed by atoms with Gasteiger partial charge in [0.05, 0.1) is 18.5 Å². The number of rotatable bonds is 8. The molecule has 4 nitrogen and oxygen atoms in total. The zero-order valence-electron chi connectivity index (χ0n) is 15.0. The second-order valence-corrected chi connectivity index (χ2v) is 9.59. The van der Waals surface area contributed by atoms with E-state index >= 15 is 0 Å². The van der Waals surface area contributed by atoms with Gasteiger partial charge in [-0.25, -0.2) is 0 Å². The lowest BCUT2D eigenvalue weighted by Gasteiger charge is -2.24. The molecule has 0 saturated carbocycles. The summed E-state index contributed by atoms with van der Waals surface area (Å²) < 4.78 is 24.1. The van der Waals surface area contributed by atoms with Gasteiger partial charge in [-0.2, -0.15) is 0 Å². The fourth-order valence-corrected chi connectivity index (χ4v) is 3.45. The summed E-state index contributed by atoms with van der Waals surface area (Å²) in [5.74, 6) is 0.789. The maximum absolute atomic E-state index is 13.0. The summed E-state index contributed by atoms with van der Waals surface area (Å²) in [7, 11) is -2.42. The van der Waals surface area contributed by atoms with Gasteiger partial charge in [-0.3, -0.25) is 4.79 Å². The Labute approximate surface area is 140 Å². The Hall–Kier alpha value is -1.28. The Morgan fingerprint density at radius 2 is 1.65 bits per heavy atom. The van der Waals surface area contributed by atoms with Crippen LogP contribution in [0.15, 0.2) is 24.3 Å². The summed E-state index contributed by atoms with van der Waals surface area (Å²) in [5, 5.41) is -0.457. The predicted molar refractivity (Wildman–Crippen MR) is 95.3 cm³/mol. The first-order valence-corrected chi connectivity index (χ1v) is 9.51. The third-order valence-corrected chi connectivity index (χ3v) is 5.57. The molecule has 0 aliphatic heterocycles. The van der Waals surface area contributed by atoms with Gasteiger partial charge in [0.1, 0.15) is 18.7 Å². The van der Waals surface area contributed by atoms with E-state index in [-0.39, 0.29) is 5.92 Å². The largest absolute Gasteiger partial charge is 0.493 e. The Kier molecular flexibility index (Phi) is 7.34. The van der Waals surface area contributed by atoms with Crippen LogP contribution in [0.2, 0.25) is 0 Å². The van der Waals surface area contributed by atoms with Crippen LogP contribution in [0.1, 0.15) is 41.5 Å². The first-order valence-electron chi connectivity index (χ1n) is 8.10. The number of esters is 1. The van der Waals surface area contributed by atoms with Gasteiger partial charge in [-0.1, -0.05) is 39.8 Å². The highest BCUT2D eigenvalue weighted by Crippen LogP contribution is 2.41. The van der Waals surface area contributed by atoms with E-state index in [9.17, 15) is 9.36 Å². The van der Waals surface area contributed by atoms with Crippen LogP contribution in [0.4, 0.5) is 0 Å². The van der Waals surface area contributed by atoms with Crippen molar-refractivity contribution < 1.29 is 18.8 Å². The number of para-hydroxylation sites is 1. The summed E-state index contributed by atoms with van der Waals surface area (Å²) in [6, 6.07) is 7.23. The second kappa shape index (κ2) is 8.54. The van der Waals surface area contributed by atoms with E-state index in [1.807, 2.05) is 26.0 Å².